The Morgan fingerprint density at radius 2 is 1.54 bits per heavy atom. The van der Waals surface area contributed by atoms with Crippen molar-refractivity contribution in [3.05, 3.63) is 89.8 Å². The van der Waals surface area contributed by atoms with Gasteiger partial charge < -0.3 is 4.90 Å². The maximum atomic E-state index is 4.30. The van der Waals surface area contributed by atoms with Crippen LogP contribution in [0.5, 0.6) is 0 Å². The van der Waals surface area contributed by atoms with Gasteiger partial charge in [-0.15, -0.1) is 0 Å². The van der Waals surface area contributed by atoms with Crippen molar-refractivity contribution < 1.29 is 0 Å². The zero-order valence-electron chi connectivity index (χ0n) is 19.7. The van der Waals surface area contributed by atoms with Crippen molar-refractivity contribution in [3.63, 3.8) is 0 Å². The Hall–Kier alpha value is -2.28. The highest BCUT2D eigenvalue weighted by Gasteiger charge is 2.13. The predicted molar refractivity (Wildman–Crippen MR) is 131 cm³/mol. The van der Waals surface area contributed by atoms with E-state index < -0.39 is 0 Å². The Morgan fingerprint density at radius 1 is 1.04 bits per heavy atom. The number of likely N-dealkylation sites (N-methyl/N-ethyl adjacent to an activating group) is 1. The van der Waals surface area contributed by atoms with Gasteiger partial charge in [-0.3, -0.25) is 0 Å². The molecule has 0 N–H and O–H groups in total. The van der Waals surface area contributed by atoms with Gasteiger partial charge in [0.25, 0.3) is 0 Å². The van der Waals surface area contributed by atoms with Gasteiger partial charge in [-0.05, 0) is 43.6 Å². The van der Waals surface area contributed by atoms with E-state index in [9.17, 15) is 0 Å². The smallest absolute Gasteiger partial charge is 0.0411 e. The molecule has 0 atom stereocenters. The fraction of sp³-hybridized carbons (Fsp3) is 0.407. The lowest BCUT2D eigenvalue weighted by atomic mass is 9.97. The third kappa shape index (κ3) is 10.2. The topological polar surface area (TPSA) is 3.24 Å². The summed E-state index contributed by atoms with van der Waals surface area (Å²) in [5.41, 5.74) is 6.61. The van der Waals surface area contributed by atoms with Crippen LogP contribution in [0.25, 0.3) is 6.08 Å². The molecular weight excluding hydrogens is 338 g/mol. The molecule has 0 saturated carbocycles. The summed E-state index contributed by atoms with van der Waals surface area (Å²) in [6.07, 6.45) is 9.33. The van der Waals surface area contributed by atoms with Crippen LogP contribution in [0.1, 0.15) is 71.9 Å². The maximum Gasteiger partial charge on any atom is 0.0411 e. The molecule has 0 amide bonds. The lowest BCUT2D eigenvalue weighted by Gasteiger charge is -2.26. The summed E-state index contributed by atoms with van der Waals surface area (Å²) >= 11 is 0. The summed E-state index contributed by atoms with van der Waals surface area (Å²) in [6.45, 7) is 27.0. The number of hydrogen-bond donors (Lipinski definition) is 0. The van der Waals surface area contributed by atoms with E-state index in [-0.39, 0.29) is 0 Å². The fourth-order valence-corrected chi connectivity index (χ4v) is 2.44. The summed E-state index contributed by atoms with van der Waals surface area (Å²) in [4.78, 5) is 2.06. The van der Waals surface area contributed by atoms with Crippen molar-refractivity contribution in [3.8, 4) is 0 Å². The van der Waals surface area contributed by atoms with Gasteiger partial charge in [0.1, 0.15) is 0 Å². The van der Waals surface area contributed by atoms with Gasteiger partial charge in [0, 0.05) is 24.0 Å². The summed E-state index contributed by atoms with van der Waals surface area (Å²) in [5, 5.41) is 0. The third-order valence-corrected chi connectivity index (χ3v) is 3.93. The highest BCUT2D eigenvalue weighted by molar-refractivity contribution is 5.64. The standard InChI is InChI=1S/C22H29N.C3H8.C2H6/c1-8-11-18(5)22(16-20-14-12-17(4)13-15-20)19(6)23(7)21(9-2)10-3;1-3-2;1-2/h9-10,12-16H,2,5-6,8,11H2,1,3-4,7H3;3H2,1-2H3;1-2H3/b21-10+,22-16-;;. The molecule has 28 heavy (non-hydrogen) atoms. The number of nitrogens with zero attached hydrogens (tertiary/aromatic N) is 1. The van der Waals surface area contributed by atoms with E-state index in [0.29, 0.717) is 0 Å². The molecule has 0 aromatic heterocycles. The lowest BCUT2D eigenvalue weighted by Crippen LogP contribution is -2.17. The van der Waals surface area contributed by atoms with Crippen molar-refractivity contribution in [1.29, 1.82) is 0 Å². The second-order valence-corrected chi connectivity index (χ2v) is 6.45. The van der Waals surface area contributed by atoms with Crippen LogP contribution in [0.2, 0.25) is 0 Å². The van der Waals surface area contributed by atoms with Gasteiger partial charge in [0.05, 0.1) is 0 Å². The van der Waals surface area contributed by atoms with E-state index in [1.807, 2.05) is 40.0 Å². The Morgan fingerprint density at radius 3 is 1.93 bits per heavy atom. The normalized spacial score (nSPS) is 10.7. The van der Waals surface area contributed by atoms with E-state index in [1.165, 1.54) is 12.0 Å². The zero-order valence-corrected chi connectivity index (χ0v) is 19.7. The van der Waals surface area contributed by atoms with Crippen molar-refractivity contribution in [2.45, 2.75) is 67.7 Å². The van der Waals surface area contributed by atoms with Crippen LogP contribution < -0.4 is 0 Å². The SMILES string of the molecule is C=C/C(=C\C)N(C)C(=C)/C(=C\c1ccc(C)cc1)C(=C)CCC.CC.CCC. The van der Waals surface area contributed by atoms with Crippen LogP contribution in [0, 0.1) is 6.92 Å². The van der Waals surface area contributed by atoms with Crippen LogP contribution in [-0.2, 0) is 0 Å². The molecule has 0 spiro atoms. The van der Waals surface area contributed by atoms with Crippen LogP contribution >= 0.6 is 0 Å². The molecular formula is C27H43N. The van der Waals surface area contributed by atoms with Gasteiger partial charge in [0.15, 0.2) is 0 Å². The summed E-state index contributed by atoms with van der Waals surface area (Å²) in [5.74, 6) is 0. The molecule has 0 unspecified atom stereocenters. The first-order valence-electron chi connectivity index (χ1n) is 10.5. The van der Waals surface area contributed by atoms with Gasteiger partial charge in [-0.1, -0.05) is 103 Å². The molecule has 156 valence electrons. The molecule has 0 fully saturated rings. The number of allylic oxidation sites excluding steroid dienone is 3. The second kappa shape index (κ2) is 16.9. The quantitative estimate of drug-likeness (QED) is 0.407. The second-order valence-electron chi connectivity index (χ2n) is 6.45. The van der Waals surface area contributed by atoms with E-state index in [0.717, 1.165) is 40.9 Å². The number of hydrogen-bond acceptors (Lipinski definition) is 1. The van der Waals surface area contributed by atoms with E-state index in [4.69, 9.17) is 0 Å². The summed E-state index contributed by atoms with van der Waals surface area (Å²) in [6, 6.07) is 8.51. The molecule has 0 aliphatic carbocycles. The van der Waals surface area contributed by atoms with Crippen molar-refractivity contribution in [2.24, 2.45) is 0 Å². The highest BCUT2D eigenvalue weighted by atomic mass is 15.1. The van der Waals surface area contributed by atoms with E-state index in [1.54, 1.807) is 0 Å². The predicted octanol–water partition coefficient (Wildman–Crippen LogP) is 8.71. The molecule has 0 bridgehead atoms. The van der Waals surface area contributed by atoms with Gasteiger partial charge in [-0.25, -0.2) is 0 Å². The first-order valence-corrected chi connectivity index (χ1v) is 10.5. The molecule has 0 aliphatic heterocycles. The largest absolute Gasteiger partial charge is 0.345 e. The average Bonchev–Trinajstić information content (AvgIpc) is 2.70. The maximum absolute atomic E-state index is 4.30. The number of aryl methyl sites for hydroxylation is 1. The first-order chi connectivity index (χ1) is 13.4. The van der Waals surface area contributed by atoms with Crippen molar-refractivity contribution in [1.82, 2.24) is 4.90 Å². The Balaban J connectivity index is 0. The fourth-order valence-electron chi connectivity index (χ4n) is 2.44. The molecule has 1 rings (SSSR count). The summed E-state index contributed by atoms with van der Waals surface area (Å²) < 4.78 is 0. The van der Waals surface area contributed by atoms with Gasteiger partial charge in [0.2, 0.25) is 0 Å². The molecule has 1 heteroatoms. The first kappa shape index (κ1) is 27.9. The molecule has 0 aliphatic rings. The van der Waals surface area contributed by atoms with Crippen molar-refractivity contribution >= 4 is 6.08 Å². The Bertz CT molecular complexity index is 641. The molecule has 0 heterocycles. The monoisotopic (exact) mass is 381 g/mol. The molecule has 0 radical (unpaired) electrons. The highest BCUT2D eigenvalue weighted by Crippen LogP contribution is 2.27. The van der Waals surface area contributed by atoms with E-state index >= 15 is 0 Å². The average molecular weight is 382 g/mol. The Labute approximate surface area is 175 Å². The lowest BCUT2D eigenvalue weighted by molar-refractivity contribution is 0.548. The number of rotatable bonds is 8. The zero-order chi connectivity index (χ0) is 22.1. The van der Waals surface area contributed by atoms with Crippen LogP contribution in [0.3, 0.4) is 0 Å². The molecule has 1 aromatic rings. The number of benzene rings is 1. The van der Waals surface area contributed by atoms with Crippen molar-refractivity contribution in [2.75, 3.05) is 7.05 Å². The van der Waals surface area contributed by atoms with Crippen LogP contribution in [-0.4, -0.2) is 11.9 Å². The van der Waals surface area contributed by atoms with Crippen LogP contribution in [0.15, 0.2) is 78.7 Å². The Kier molecular flexibility index (Phi) is 16.8. The molecule has 1 nitrogen and oxygen atoms in total. The molecule has 0 saturated heterocycles. The van der Waals surface area contributed by atoms with Gasteiger partial charge >= 0.3 is 0 Å². The van der Waals surface area contributed by atoms with Crippen LogP contribution in [0.4, 0.5) is 0 Å². The van der Waals surface area contributed by atoms with E-state index in [2.05, 4.69) is 82.7 Å². The van der Waals surface area contributed by atoms with Gasteiger partial charge in [-0.2, -0.15) is 0 Å². The summed E-state index contributed by atoms with van der Waals surface area (Å²) in [7, 11) is 2.02. The third-order valence-electron chi connectivity index (χ3n) is 3.93. The minimum atomic E-state index is 0.942. The molecule has 1 aromatic carbocycles. The minimum Gasteiger partial charge on any atom is -0.345 e. The minimum absolute atomic E-state index is 0.942.